The molecule has 1 heterocycles. The van der Waals surface area contributed by atoms with E-state index in [1.54, 1.807) is 0 Å². The van der Waals surface area contributed by atoms with E-state index in [0.717, 1.165) is 16.0 Å². The van der Waals surface area contributed by atoms with Crippen molar-refractivity contribution < 1.29 is 19.5 Å². The number of aliphatic carboxylic acids is 1. The zero-order valence-electron chi connectivity index (χ0n) is 16.1. The van der Waals surface area contributed by atoms with Gasteiger partial charge in [-0.1, -0.05) is 42.0 Å². The second-order valence-electron chi connectivity index (χ2n) is 7.80. The lowest BCUT2D eigenvalue weighted by Crippen LogP contribution is -2.36. The first-order chi connectivity index (χ1) is 13.8. The number of carboxylic acids is 1. The van der Waals surface area contributed by atoms with Crippen LogP contribution in [0.4, 0.5) is 5.00 Å². The van der Waals surface area contributed by atoms with Gasteiger partial charge in [-0.2, -0.15) is 0 Å². The van der Waals surface area contributed by atoms with E-state index in [1.807, 2.05) is 50.3 Å². The highest BCUT2D eigenvalue weighted by atomic mass is 32.1. The zero-order chi connectivity index (χ0) is 20.9. The first-order valence-corrected chi connectivity index (χ1v) is 10.3. The number of carbonyl (C=O) groups is 3. The van der Waals surface area contributed by atoms with Gasteiger partial charge in [-0.25, -0.2) is 0 Å². The van der Waals surface area contributed by atoms with Gasteiger partial charge < -0.3 is 16.2 Å². The van der Waals surface area contributed by atoms with Gasteiger partial charge in [0.15, 0.2) is 0 Å². The average Bonchev–Trinajstić information content (AvgIpc) is 3.35. The summed E-state index contributed by atoms with van der Waals surface area (Å²) in [6.45, 7) is 3.86. The Morgan fingerprint density at radius 2 is 1.69 bits per heavy atom. The van der Waals surface area contributed by atoms with Gasteiger partial charge in [0.05, 0.1) is 17.4 Å². The third kappa shape index (κ3) is 3.25. The quantitative estimate of drug-likeness (QED) is 0.654. The number of aryl methyl sites for hydroxylation is 2. The highest BCUT2D eigenvalue weighted by Gasteiger charge is 2.51. The minimum absolute atomic E-state index is 0.0873. The SMILES string of the molecule is Cc1ccc(-c2c(C)sc(NC(=O)C3C4C=CC(C4)C3C(=O)O)c2C(N)=O)cc1. The van der Waals surface area contributed by atoms with Crippen LogP contribution in [0, 0.1) is 37.5 Å². The Hall–Kier alpha value is -2.93. The van der Waals surface area contributed by atoms with Crippen LogP contribution in [0.1, 0.15) is 27.2 Å². The second-order valence-corrected chi connectivity index (χ2v) is 9.02. The van der Waals surface area contributed by atoms with Crippen LogP contribution in [-0.2, 0) is 9.59 Å². The fourth-order valence-electron chi connectivity index (χ4n) is 4.65. The molecule has 150 valence electrons. The molecule has 2 aliphatic carbocycles. The van der Waals surface area contributed by atoms with E-state index < -0.39 is 23.7 Å². The molecule has 1 aromatic carbocycles. The number of carbonyl (C=O) groups excluding carboxylic acids is 2. The summed E-state index contributed by atoms with van der Waals surface area (Å²) >= 11 is 1.29. The third-order valence-corrected chi connectivity index (χ3v) is 6.98. The van der Waals surface area contributed by atoms with Crippen molar-refractivity contribution in [2.45, 2.75) is 20.3 Å². The zero-order valence-corrected chi connectivity index (χ0v) is 17.0. The molecule has 29 heavy (non-hydrogen) atoms. The van der Waals surface area contributed by atoms with E-state index in [-0.39, 0.29) is 23.3 Å². The van der Waals surface area contributed by atoms with Crippen molar-refractivity contribution in [3.8, 4) is 11.1 Å². The van der Waals surface area contributed by atoms with Crippen LogP contribution in [0.25, 0.3) is 11.1 Å². The van der Waals surface area contributed by atoms with Gasteiger partial charge >= 0.3 is 5.97 Å². The Labute approximate surface area is 172 Å². The van der Waals surface area contributed by atoms with Crippen molar-refractivity contribution in [1.29, 1.82) is 0 Å². The minimum Gasteiger partial charge on any atom is -0.481 e. The molecule has 7 heteroatoms. The Balaban J connectivity index is 1.69. The first kappa shape index (κ1) is 19.4. The molecule has 0 saturated heterocycles. The third-order valence-electron chi connectivity index (χ3n) is 5.95. The number of rotatable bonds is 5. The van der Waals surface area contributed by atoms with Crippen LogP contribution in [0.3, 0.4) is 0 Å². The molecule has 2 bridgehead atoms. The molecule has 2 aromatic rings. The summed E-state index contributed by atoms with van der Waals surface area (Å²) in [5, 5.41) is 12.8. The normalized spacial score (nSPS) is 24.6. The number of amides is 2. The molecule has 2 aliphatic rings. The maximum absolute atomic E-state index is 13.0. The lowest BCUT2D eigenvalue weighted by atomic mass is 9.82. The molecule has 6 nitrogen and oxygen atoms in total. The number of hydrogen-bond donors (Lipinski definition) is 3. The van der Waals surface area contributed by atoms with Crippen molar-refractivity contribution in [2.75, 3.05) is 5.32 Å². The molecule has 4 unspecified atom stereocenters. The number of primary amides is 1. The van der Waals surface area contributed by atoms with Crippen molar-refractivity contribution >= 4 is 34.1 Å². The number of allylic oxidation sites excluding steroid dienone is 2. The molecule has 1 saturated carbocycles. The monoisotopic (exact) mass is 410 g/mol. The molecular formula is C22H22N2O4S. The van der Waals surface area contributed by atoms with E-state index >= 15 is 0 Å². The van der Waals surface area contributed by atoms with Gasteiger partial charge in [0.2, 0.25) is 5.91 Å². The van der Waals surface area contributed by atoms with Gasteiger partial charge in [-0.05, 0) is 37.7 Å². The summed E-state index contributed by atoms with van der Waals surface area (Å²) in [5.74, 6) is -3.53. The molecule has 2 amide bonds. The fraction of sp³-hybridized carbons (Fsp3) is 0.318. The predicted octanol–water partition coefficient (Wildman–Crippen LogP) is 3.59. The number of nitrogens with one attached hydrogen (secondary N) is 1. The highest BCUT2D eigenvalue weighted by molar-refractivity contribution is 7.17. The minimum atomic E-state index is -0.958. The number of anilines is 1. The summed E-state index contributed by atoms with van der Waals surface area (Å²) in [7, 11) is 0. The predicted molar refractivity (Wildman–Crippen MR) is 112 cm³/mol. The molecule has 0 radical (unpaired) electrons. The van der Waals surface area contributed by atoms with Gasteiger partial charge in [-0.15, -0.1) is 11.3 Å². The number of carboxylic acid groups (broad SMARTS) is 1. The first-order valence-electron chi connectivity index (χ1n) is 9.50. The summed E-state index contributed by atoms with van der Waals surface area (Å²) < 4.78 is 0. The lowest BCUT2D eigenvalue weighted by Gasteiger charge is -2.23. The lowest BCUT2D eigenvalue weighted by molar-refractivity contribution is -0.146. The van der Waals surface area contributed by atoms with Crippen LogP contribution >= 0.6 is 11.3 Å². The van der Waals surface area contributed by atoms with E-state index in [1.165, 1.54) is 11.3 Å². The fourth-order valence-corrected chi connectivity index (χ4v) is 5.73. The Morgan fingerprint density at radius 3 is 2.28 bits per heavy atom. The summed E-state index contributed by atoms with van der Waals surface area (Å²) in [4.78, 5) is 37.9. The molecule has 1 aromatic heterocycles. The van der Waals surface area contributed by atoms with Crippen molar-refractivity contribution in [3.63, 3.8) is 0 Å². The average molecular weight is 410 g/mol. The molecule has 4 atom stereocenters. The van der Waals surface area contributed by atoms with Gasteiger partial charge in [-0.3, -0.25) is 14.4 Å². The number of hydrogen-bond acceptors (Lipinski definition) is 4. The molecular weight excluding hydrogens is 388 g/mol. The smallest absolute Gasteiger partial charge is 0.307 e. The number of nitrogens with two attached hydrogens (primary N) is 1. The Morgan fingerprint density at radius 1 is 1.07 bits per heavy atom. The van der Waals surface area contributed by atoms with Crippen LogP contribution in [0.5, 0.6) is 0 Å². The molecule has 0 spiro atoms. The molecule has 1 fully saturated rings. The second kappa shape index (κ2) is 7.15. The number of thiophene rings is 1. The van der Waals surface area contributed by atoms with Gasteiger partial charge in [0, 0.05) is 10.4 Å². The summed E-state index contributed by atoms with van der Waals surface area (Å²) in [5.41, 5.74) is 8.60. The van der Waals surface area contributed by atoms with E-state index in [2.05, 4.69) is 5.32 Å². The van der Waals surface area contributed by atoms with E-state index in [4.69, 9.17) is 5.73 Å². The van der Waals surface area contributed by atoms with Crippen molar-refractivity contribution in [3.05, 3.63) is 52.4 Å². The topological polar surface area (TPSA) is 109 Å². The van der Waals surface area contributed by atoms with E-state index in [0.29, 0.717) is 17.0 Å². The van der Waals surface area contributed by atoms with Crippen molar-refractivity contribution in [1.82, 2.24) is 0 Å². The Kier molecular flexibility index (Phi) is 4.78. The van der Waals surface area contributed by atoms with Crippen molar-refractivity contribution in [2.24, 2.45) is 29.4 Å². The molecule has 4 N–H and O–H groups in total. The van der Waals surface area contributed by atoms with Crippen LogP contribution in [0.2, 0.25) is 0 Å². The molecule has 0 aliphatic heterocycles. The number of fused-ring (bicyclic) bond motifs is 2. The van der Waals surface area contributed by atoms with Gasteiger partial charge in [0.1, 0.15) is 5.00 Å². The Bertz CT molecular complexity index is 1040. The van der Waals surface area contributed by atoms with Crippen LogP contribution in [-0.4, -0.2) is 22.9 Å². The largest absolute Gasteiger partial charge is 0.481 e. The maximum atomic E-state index is 13.0. The number of benzene rings is 1. The highest BCUT2D eigenvalue weighted by Crippen LogP contribution is 2.49. The summed E-state index contributed by atoms with van der Waals surface area (Å²) in [6, 6.07) is 7.75. The summed E-state index contributed by atoms with van der Waals surface area (Å²) in [6.07, 6.45) is 4.50. The van der Waals surface area contributed by atoms with E-state index in [9.17, 15) is 19.5 Å². The van der Waals surface area contributed by atoms with Gasteiger partial charge in [0.25, 0.3) is 5.91 Å². The van der Waals surface area contributed by atoms with Crippen LogP contribution < -0.4 is 11.1 Å². The molecule has 4 rings (SSSR count). The standard InChI is InChI=1S/C22H22N2O4S/c1-10-3-5-12(6-4-10)15-11(2)29-21(18(15)19(23)25)24-20(26)16-13-7-8-14(9-13)17(16)22(27)28/h3-8,13-14,16-17H,9H2,1-2H3,(H2,23,25)(H,24,26)(H,27,28). The van der Waals surface area contributed by atoms with Crippen LogP contribution in [0.15, 0.2) is 36.4 Å². The maximum Gasteiger partial charge on any atom is 0.307 e.